The zero-order chi connectivity index (χ0) is 9.68. The van der Waals surface area contributed by atoms with Crippen molar-refractivity contribution in [3.8, 4) is 0 Å². The Kier molecular flexibility index (Phi) is 4.43. The molecular formula is C11H20O2. The lowest BCUT2D eigenvalue weighted by molar-refractivity contribution is -0.126. The molecule has 0 bridgehead atoms. The SMILES string of the molecule is CC(C)C(=O)COCCC1CCC1. The number of hydrogen-bond donors (Lipinski definition) is 0. The van der Waals surface area contributed by atoms with Crippen LogP contribution in [0, 0.1) is 11.8 Å². The van der Waals surface area contributed by atoms with Crippen LogP contribution < -0.4 is 0 Å². The lowest BCUT2D eigenvalue weighted by Gasteiger charge is -2.24. The van der Waals surface area contributed by atoms with E-state index in [1.165, 1.54) is 19.3 Å². The van der Waals surface area contributed by atoms with Gasteiger partial charge in [0.05, 0.1) is 0 Å². The lowest BCUT2D eigenvalue weighted by atomic mass is 9.83. The van der Waals surface area contributed by atoms with Crippen LogP contribution in [-0.4, -0.2) is 19.0 Å². The first-order chi connectivity index (χ1) is 6.20. The fraction of sp³-hybridized carbons (Fsp3) is 0.909. The predicted molar refractivity (Wildman–Crippen MR) is 52.6 cm³/mol. The van der Waals surface area contributed by atoms with Crippen LogP contribution in [0.3, 0.4) is 0 Å². The lowest BCUT2D eigenvalue weighted by Crippen LogP contribution is -2.18. The van der Waals surface area contributed by atoms with Crippen molar-refractivity contribution >= 4 is 5.78 Å². The van der Waals surface area contributed by atoms with E-state index >= 15 is 0 Å². The molecule has 0 aromatic heterocycles. The number of ether oxygens (including phenoxy) is 1. The Labute approximate surface area is 80.7 Å². The number of ketones is 1. The molecule has 0 atom stereocenters. The molecular weight excluding hydrogens is 164 g/mol. The molecule has 0 radical (unpaired) electrons. The second kappa shape index (κ2) is 5.38. The zero-order valence-electron chi connectivity index (χ0n) is 8.71. The van der Waals surface area contributed by atoms with Gasteiger partial charge < -0.3 is 4.74 Å². The van der Waals surface area contributed by atoms with E-state index in [0.717, 1.165) is 18.9 Å². The van der Waals surface area contributed by atoms with E-state index in [1.54, 1.807) is 0 Å². The van der Waals surface area contributed by atoms with E-state index in [9.17, 15) is 4.79 Å². The van der Waals surface area contributed by atoms with E-state index in [-0.39, 0.29) is 11.7 Å². The molecule has 13 heavy (non-hydrogen) atoms. The quantitative estimate of drug-likeness (QED) is 0.592. The topological polar surface area (TPSA) is 26.3 Å². The van der Waals surface area contributed by atoms with Gasteiger partial charge in [0.2, 0.25) is 0 Å². The van der Waals surface area contributed by atoms with Gasteiger partial charge in [-0.15, -0.1) is 0 Å². The molecule has 0 aromatic carbocycles. The highest BCUT2D eigenvalue weighted by Crippen LogP contribution is 2.28. The van der Waals surface area contributed by atoms with Crippen LogP contribution in [0.5, 0.6) is 0 Å². The van der Waals surface area contributed by atoms with Gasteiger partial charge in [0.1, 0.15) is 6.61 Å². The number of hydrogen-bond acceptors (Lipinski definition) is 2. The maximum atomic E-state index is 11.1. The summed E-state index contributed by atoms with van der Waals surface area (Å²) < 4.78 is 5.31. The summed E-state index contributed by atoms with van der Waals surface area (Å²) in [6, 6.07) is 0. The minimum absolute atomic E-state index is 0.115. The summed E-state index contributed by atoms with van der Waals surface area (Å²) in [5, 5.41) is 0. The van der Waals surface area contributed by atoms with Gasteiger partial charge in [-0.25, -0.2) is 0 Å². The number of carbonyl (C=O) groups is 1. The molecule has 1 aliphatic rings. The first-order valence-corrected chi connectivity index (χ1v) is 5.30. The van der Waals surface area contributed by atoms with Crippen molar-refractivity contribution in [1.29, 1.82) is 0 Å². The molecule has 1 aliphatic carbocycles. The first-order valence-electron chi connectivity index (χ1n) is 5.30. The third kappa shape index (κ3) is 3.90. The van der Waals surface area contributed by atoms with Crippen molar-refractivity contribution in [2.75, 3.05) is 13.2 Å². The molecule has 2 nitrogen and oxygen atoms in total. The molecule has 0 heterocycles. The molecule has 0 aliphatic heterocycles. The smallest absolute Gasteiger partial charge is 0.160 e. The Morgan fingerprint density at radius 2 is 2.15 bits per heavy atom. The number of Topliss-reactive ketones (excluding diaryl/α,β-unsaturated/α-hetero) is 1. The molecule has 0 N–H and O–H groups in total. The van der Waals surface area contributed by atoms with E-state index in [2.05, 4.69) is 0 Å². The summed E-state index contributed by atoms with van der Waals surface area (Å²) in [5.74, 6) is 1.21. The van der Waals surface area contributed by atoms with Gasteiger partial charge in [-0.2, -0.15) is 0 Å². The van der Waals surface area contributed by atoms with Gasteiger partial charge in [-0.3, -0.25) is 4.79 Å². The van der Waals surface area contributed by atoms with Gasteiger partial charge in [0.25, 0.3) is 0 Å². The minimum atomic E-state index is 0.115. The monoisotopic (exact) mass is 184 g/mol. The third-order valence-corrected chi connectivity index (χ3v) is 2.78. The van der Waals surface area contributed by atoms with Crippen molar-refractivity contribution in [3.63, 3.8) is 0 Å². The zero-order valence-corrected chi connectivity index (χ0v) is 8.71. The van der Waals surface area contributed by atoms with Gasteiger partial charge in [-0.05, 0) is 12.3 Å². The van der Waals surface area contributed by atoms with Gasteiger partial charge in [0, 0.05) is 12.5 Å². The van der Waals surface area contributed by atoms with Crippen LogP contribution >= 0.6 is 0 Å². The first kappa shape index (κ1) is 10.7. The van der Waals surface area contributed by atoms with Gasteiger partial charge in [-0.1, -0.05) is 33.1 Å². The Morgan fingerprint density at radius 3 is 2.62 bits per heavy atom. The molecule has 76 valence electrons. The van der Waals surface area contributed by atoms with Crippen molar-refractivity contribution in [1.82, 2.24) is 0 Å². The minimum Gasteiger partial charge on any atom is -0.374 e. The molecule has 0 amide bonds. The molecule has 1 saturated carbocycles. The van der Waals surface area contributed by atoms with E-state index < -0.39 is 0 Å². The third-order valence-electron chi connectivity index (χ3n) is 2.78. The summed E-state index contributed by atoms with van der Waals surface area (Å²) in [6.07, 6.45) is 5.25. The van der Waals surface area contributed by atoms with Gasteiger partial charge in [0.15, 0.2) is 5.78 Å². The Bertz CT molecular complexity index is 159. The normalized spacial score (nSPS) is 17.5. The highest BCUT2D eigenvalue weighted by Gasteiger charge is 2.16. The van der Waals surface area contributed by atoms with Crippen LogP contribution in [0.4, 0.5) is 0 Å². The largest absolute Gasteiger partial charge is 0.374 e. The van der Waals surface area contributed by atoms with Crippen LogP contribution in [0.25, 0.3) is 0 Å². The van der Waals surface area contributed by atoms with E-state index in [1.807, 2.05) is 13.8 Å². The fourth-order valence-electron chi connectivity index (χ4n) is 1.37. The highest BCUT2D eigenvalue weighted by atomic mass is 16.5. The second-order valence-corrected chi connectivity index (χ2v) is 4.26. The van der Waals surface area contributed by atoms with Crippen molar-refractivity contribution < 1.29 is 9.53 Å². The molecule has 0 saturated heterocycles. The second-order valence-electron chi connectivity index (χ2n) is 4.26. The molecule has 2 heteroatoms. The van der Waals surface area contributed by atoms with Crippen molar-refractivity contribution in [2.24, 2.45) is 11.8 Å². The summed E-state index contributed by atoms with van der Waals surface area (Å²) in [5.41, 5.74) is 0. The van der Waals surface area contributed by atoms with Gasteiger partial charge >= 0.3 is 0 Å². The van der Waals surface area contributed by atoms with Crippen LogP contribution in [-0.2, 0) is 9.53 Å². The Morgan fingerprint density at radius 1 is 1.46 bits per heavy atom. The maximum Gasteiger partial charge on any atom is 0.160 e. The average molecular weight is 184 g/mol. The van der Waals surface area contributed by atoms with Crippen LogP contribution in [0.15, 0.2) is 0 Å². The molecule has 0 unspecified atom stereocenters. The van der Waals surface area contributed by atoms with Crippen molar-refractivity contribution in [2.45, 2.75) is 39.5 Å². The Balaban J connectivity index is 1.91. The standard InChI is InChI=1S/C11H20O2/c1-9(2)11(12)8-13-7-6-10-4-3-5-10/h9-10H,3-8H2,1-2H3. The summed E-state index contributed by atoms with van der Waals surface area (Å²) >= 11 is 0. The Hall–Kier alpha value is -0.370. The molecule has 0 aromatic rings. The van der Waals surface area contributed by atoms with Crippen LogP contribution in [0.2, 0.25) is 0 Å². The van der Waals surface area contributed by atoms with Crippen molar-refractivity contribution in [3.05, 3.63) is 0 Å². The van der Waals surface area contributed by atoms with E-state index in [0.29, 0.717) is 6.61 Å². The van der Waals surface area contributed by atoms with E-state index in [4.69, 9.17) is 4.74 Å². The summed E-state index contributed by atoms with van der Waals surface area (Å²) in [7, 11) is 0. The predicted octanol–water partition coefficient (Wildman–Crippen LogP) is 2.42. The average Bonchev–Trinajstić information content (AvgIpc) is 2.00. The highest BCUT2D eigenvalue weighted by molar-refractivity contribution is 5.81. The fourth-order valence-corrected chi connectivity index (χ4v) is 1.37. The maximum absolute atomic E-state index is 11.1. The summed E-state index contributed by atoms with van der Waals surface area (Å²) in [4.78, 5) is 11.1. The molecule has 1 fully saturated rings. The number of rotatable bonds is 6. The summed E-state index contributed by atoms with van der Waals surface area (Å²) in [6.45, 7) is 4.91. The van der Waals surface area contributed by atoms with Crippen LogP contribution in [0.1, 0.15) is 39.5 Å². The molecule has 1 rings (SSSR count). The number of carbonyl (C=O) groups excluding carboxylic acids is 1. The molecule has 0 spiro atoms.